The molecule has 1 aromatic heterocycles. The van der Waals surface area contributed by atoms with Gasteiger partial charge in [-0.25, -0.2) is 0 Å². The number of nitrogens with one attached hydrogen (secondary N) is 1. The minimum atomic E-state index is 0.163. The average molecular weight is 259 g/mol. The fraction of sp³-hybridized carbons (Fsp3) is 0.500. The van der Waals surface area contributed by atoms with E-state index in [0.717, 1.165) is 31.7 Å². The number of fused-ring (bicyclic) bond motifs is 1. The van der Waals surface area contributed by atoms with Crippen molar-refractivity contribution >= 4 is 11.0 Å². The van der Waals surface area contributed by atoms with Gasteiger partial charge in [-0.2, -0.15) is 0 Å². The van der Waals surface area contributed by atoms with Crippen molar-refractivity contribution in [3.63, 3.8) is 0 Å². The maximum absolute atomic E-state index is 6.04. The largest absolute Gasteiger partial charge is 0.464 e. The molecule has 0 bridgehead atoms. The molecule has 3 heteroatoms. The van der Waals surface area contributed by atoms with Crippen LogP contribution < -0.4 is 5.32 Å². The fourth-order valence-electron chi connectivity index (χ4n) is 2.94. The second kappa shape index (κ2) is 5.76. The van der Waals surface area contributed by atoms with Crippen molar-refractivity contribution in [1.29, 1.82) is 0 Å². The summed E-state index contributed by atoms with van der Waals surface area (Å²) in [5.74, 6) is 0.537. The first kappa shape index (κ1) is 12.7. The average Bonchev–Trinajstić information content (AvgIpc) is 2.89. The molecule has 3 nitrogen and oxygen atoms in total. The van der Waals surface area contributed by atoms with Crippen LogP contribution in [-0.2, 0) is 4.74 Å². The van der Waals surface area contributed by atoms with E-state index in [0.29, 0.717) is 5.92 Å². The minimum absolute atomic E-state index is 0.163. The van der Waals surface area contributed by atoms with Gasteiger partial charge in [0.1, 0.15) is 5.58 Å². The highest BCUT2D eigenvalue weighted by Gasteiger charge is 2.29. The Hall–Kier alpha value is -1.32. The van der Waals surface area contributed by atoms with Crippen molar-refractivity contribution in [2.45, 2.75) is 25.9 Å². The summed E-state index contributed by atoms with van der Waals surface area (Å²) in [6, 6.07) is 8.20. The second-order valence-corrected chi connectivity index (χ2v) is 5.19. The van der Waals surface area contributed by atoms with E-state index in [1.807, 2.05) is 18.4 Å². The zero-order valence-electron chi connectivity index (χ0n) is 11.4. The van der Waals surface area contributed by atoms with E-state index in [-0.39, 0.29) is 6.10 Å². The lowest BCUT2D eigenvalue weighted by atomic mass is 9.89. The van der Waals surface area contributed by atoms with E-state index in [2.05, 4.69) is 24.4 Å². The quantitative estimate of drug-likeness (QED) is 0.912. The summed E-state index contributed by atoms with van der Waals surface area (Å²) >= 11 is 0. The van der Waals surface area contributed by atoms with Crippen LogP contribution in [0.3, 0.4) is 0 Å². The first-order valence-corrected chi connectivity index (χ1v) is 7.18. The molecule has 0 saturated carbocycles. The number of ether oxygens (including phenoxy) is 1. The minimum Gasteiger partial charge on any atom is -0.464 e. The Labute approximate surface area is 113 Å². The number of hydrogen-bond acceptors (Lipinski definition) is 3. The standard InChI is InChI=1S/C16H21NO2/c1-2-17-10-12-6-5-9-18-16(12)14-11-19-15-8-4-3-7-13(14)15/h3-4,7-8,11-12,16-17H,2,5-6,9-10H2,1H3. The van der Waals surface area contributed by atoms with E-state index in [4.69, 9.17) is 9.15 Å². The highest BCUT2D eigenvalue weighted by atomic mass is 16.5. The molecule has 0 spiro atoms. The smallest absolute Gasteiger partial charge is 0.134 e. The monoisotopic (exact) mass is 259 g/mol. The zero-order chi connectivity index (χ0) is 13.1. The van der Waals surface area contributed by atoms with Gasteiger partial charge in [-0.3, -0.25) is 0 Å². The van der Waals surface area contributed by atoms with Gasteiger partial charge in [-0.15, -0.1) is 0 Å². The Morgan fingerprint density at radius 1 is 1.32 bits per heavy atom. The molecule has 19 heavy (non-hydrogen) atoms. The van der Waals surface area contributed by atoms with E-state index < -0.39 is 0 Å². The highest BCUT2D eigenvalue weighted by Crippen LogP contribution is 2.37. The van der Waals surface area contributed by atoms with Crippen LogP contribution in [0.2, 0.25) is 0 Å². The molecule has 1 aliphatic rings. The molecule has 2 heterocycles. The molecule has 0 amide bonds. The van der Waals surface area contributed by atoms with Gasteiger partial charge in [0.15, 0.2) is 0 Å². The van der Waals surface area contributed by atoms with Crippen LogP contribution in [-0.4, -0.2) is 19.7 Å². The van der Waals surface area contributed by atoms with Crippen molar-refractivity contribution < 1.29 is 9.15 Å². The van der Waals surface area contributed by atoms with Crippen LogP contribution in [0.1, 0.15) is 31.4 Å². The molecule has 0 radical (unpaired) electrons. The Morgan fingerprint density at radius 3 is 3.11 bits per heavy atom. The summed E-state index contributed by atoms with van der Waals surface area (Å²) in [5, 5.41) is 4.64. The van der Waals surface area contributed by atoms with Crippen LogP contribution in [0.25, 0.3) is 11.0 Å². The number of para-hydroxylation sites is 1. The molecule has 0 aliphatic carbocycles. The first-order valence-electron chi connectivity index (χ1n) is 7.18. The number of rotatable bonds is 4. The SMILES string of the molecule is CCNCC1CCCOC1c1coc2ccccc12. The Morgan fingerprint density at radius 2 is 2.21 bits per heavy atom. The van der Waals surface area contributed by atoms with Gasteiger partial charge in [0.05, 0.1) is 12.4 Å². The molecule has 1 aliphatic heterocycles. The predicted molar refractivity (Wildman–Crippen MR) is 76.2 cm³/mol. The third-order valence-corrected chi connectivity index (χ3v) is 3.92. The summed E-state index contributed by atoms with van der Waals surface area (Å²) in [4.78, 5) is 0. The van der Waals surface area contributed by atoms with Gasteiger partial charge in [0.25, 0.3) is 0 Å². The normalized spacial score (nSPS) is 23.8. The van der Waals surface area contributed by atoms with E-state index in [9.17, 15) is 0 Å². The topological polar surface area (TPSA) is 34.4 Å². The van der Waals surface area contributed by atoms with Crippen molar-refractivity contribution in [2.75, 3.05) is 19.7 Å². The lowest BCUT2D eigenvalue weighted by Gasteiger charge is -2.31. The third-order valence-electron chi connectivity index (χ3n) is 3.92. The van der Waals surface area contributed by atoms with Crippen LogP contribution in [0, 0.1) is 5.92 Å². The van der Waals surface area contributed by atoms with Crippen LogP contribution in [0.4, 0.5) is 0 Å². The van der Waals surface area contributed by atoms with Crippen molar-refractivity contribution in [3.05, 3.63) is 36.1 Å². The Bertz CT molecular complexity index is 534. The Kier molecular flexibility index (Phi) is 3.85. The molecule has 2 aromatic rings. The molecule has 3 rings (SSSR count). The maximum atomic E-state index is 6.04. The lowest BCUT2D eigenvalue weighted by Crippen LogP contribution is -2.31. The first-order chi connectivity index (χ1) is 9.40. The summed E-state index contributed by atoms with van der Waals surface area (Å²) in [7, 11) is 0. The van der Waals surface area contributed by atoms with Crippen molar-refractivity contribution in [1.82, 2.24) is 5.32 Å². The molecule has 1 fully saturated rings. The van der Waals surface area contributed by atoms with Crippen LogP contribution in [0.5, 0.6) is 0 Å². The zero-order valence-corrected chi connectivity index (χ0v) is 11.4. The van der Waals surface area contributed by atoms with Gasteiger partial charge in [-0.1, -0.05) is 25.1 Å². The molecule has 1 N–H and O–H groups in total. The van der Waals surface area contributed by atoms with Crippen LogP contribution in [0.15, 0.2) is 34.9 Å². The number of hydrogen-bond donors (Lipinski definition) is 1. The van der Waals surface area contributed by atoms with Crippen molar-refractivity contribution in [3.8, 4) is 0 Å². The summed E-state index contributed by atoms with van der Waals surface area (Å²) in [5.41, 5.74) is 2.16. The summed E-state index contributed by atoms with van der Waals surface area (Å²) < 4.78 is 11.7. The highest BCUT2D eigenvalue weighted by molar-refractivity contribution is 5.81. The second-order valence-electron chi connectivity index (χ2n) is 5.19. The molecule has 102 valence electrons. The third kappa shape index (κ3) is 2.53. The van der Waals surface area contributed by atoms with E-state index >= 15 is 0 Å². The van der Waals surface area contributed by atoms with Gasteiger partial charge in [0.2, 0.25) is 0 Å². The van der Waals surface area contributed by atoms with Gasteiger partial charge in [-0.05, 0) is 25.5 Å². The van der Waals surface area contributed by atoms with E-state index in [1.54, 1.807) is 0 Å². The summed E-state index contributed by atoms with van der Waals surface area (Å²) in [6.07, 6.45) is 4.41. The Balaban J connectivity index is 1.89. The van der Waals surface area contributed by atoms with Gasteiger partial charge >= 0.3 is 0 Å². The molecular formula is C16H21NO2. The summed E-state index contributed by atoms with van der Waals surface area (Å²) in [6.45, 7) is 5.02. The molecular weight excluding hydrogens is 238 g/mol. The predicted octanol–water partition coefficient (Wildman–Crippen LogP) is 3.51. The number of furan rings is 1. The van der Waals surface area contributed by atoms with Gasteiger partial charge < -0.3 is 14.5 Å². The maximum Gasteiger partial charge on any atom is 0.134 e. The van der Waals surface area contributed by atoms with E-state index in [1.165, 1.54) is 17.4 Å². The number of benzene rings is 1. The molecule has 1 aromatic carbocycles. The lowest BCUT2D eigenvalue weighted by molar-refractivity contribution is -0.0271. The molecule has 1 saturated heterocycles. The van der Waals surface area contributed by atoms with Crippen molar-refractivity contribution in [2.24, 2.45) is 5.92 Å². The molecule has 2 unspecified atom stereocenters. The van der Waals surface area contributed by atoms with Gasteiger partial charge in [0, 0.05) is 30.0 Å². The van der Waals surface area contributed by atoms with Crippen LogP contribution >= 0.6 is 0 Å². The molecule has 2 atom stereocenters. The fourth-order valence-corrected chi connectivity index (χ4v) is 2.94.